The average Bonchev–Trinajstić information content (AvgIpc) is 3.04. The first-order valence-corrected chi connectivity index (χ1v) is 12.3. The van der Waals surface area contributed by atoms with Crippen LogP contribution in [-0.4, -0.2) is 65.3 Å². The summed E-state index contributed by atoms with van der Waals surface area (Å²) in [5.74, 6) is -0.592. The maximum Gasteiger partial charge on any atom is 0.254 e. The largest absolute Gasteiger partial charge is 0.337 e. The Morgan fingerprint density at radius 2 is 1.58 bits per heavy atom. The van der Waals surface area contributed by atoms with Gasteiger partial charge >= 0.3 is 0 Å². The minimum absolute atomic E-state index is 0.0502. The molecule has 0 atom stereocenters. The molecule has 3 aliphatic rings. The summed E-state index contributed by atoms with van der Waals surface area (Å²) in [5, 5.41) is -0.0502. The molecule has 2 aliphatic heterocycles. The van der Waals surface area contributed by atoms with E-state index in [1.165, 1.54) is 37.5 Å². The standard InChI is InChI=1S/C26H29ClFN3O2/c27-23-16-20(7-8-24(23)28)26(33)31-12-9-18-15-19(5-6-21(18)17-31)25(32)30-11-2-10-29(13-14-30)22-3-1-4-22/h5-8,15-16,22H,1-4,9-14,17H2. The molecule has 1 saturated carbocycles. The highest BCUT2D eigenvalue weighted by atomic mass is 35.5. The molecule has 5 nitrogen and oxygen atoms in total. The van der Waals surface area contributed by atoms with E-state index in [1.807, 2.05) is 23.1 Å². The van der Waals surface area contributed by atoms with Crippen LogP contribution >= 0.6 is 11.6 Å². The molecule has 174 valence electrons. The quantitative estimate of drug-likeness (QED) is 0.670. The SMILES string of the molecule is O=C(c1ccc2c(c1)CCN(C(=O)c1ccc(F)c(Cl)c1)C2)N1CCCN(C2CCC2)CC1. The fourth-order valence-electron chi connectivity index (χ4n) is 5.11. The number of nitrogens with zero attached hydrogens (tertiary/aromatic N) is 3. The molecule has 2 aromatic rings. The smallest absolute Gasteiger partial charge is 0.254 e. The topological polar surface area (TPSA) is 43.9 Å². The van der Waals surface area contributed by atoms with Crippen molar-refractivity contribution in [2.75, 3.05) is 32.7 Å². The van der Waals surface area contributed by atoms with Crippen molar-refractivity contribution in [3.63, 3.8) is 0 Å². The molecule has 2 amide bonds. The fraction of sp³-hybridized carbons (Fsp3) is 0.462. The van der Waals surface area contributed by atoms with Gasteiger partial charge in [-0.3, -0.25) is 14.5 Å². The molecular weight excluding hydrogens is 441 g/mol. The third-order valence-corrected chi connectivity index (χ3v) is 7.62. The van der Waals surface area contributed by atoms with Crippen LogP contribution in [0.4, 0.5) is 4.39 Å². The summed E-state index contributed by atoms with van der Waals surface area (Å²) in [7, 11) is 0. The van der Waals surface area contributed by atoms with Gasteiger partial charge in [0.1, 0.15) is 5.82 Å². The van der Waals surface area contributed by atoms with Crippen molar-refractivity contribution in [2.24, 2.45) is 0 Å². The van der Waals surface area contributed by atoms with Gasteiger partial charge in [0.05, 0.1) is 5.02 Å². The van der Waals surface area contributed by atoms with Gasteiger partial charge in [-0.15, -0.1) is 0 Å². The van der Waals surface area contributed by atoms with Crippen molar-refractivity contribution < 1.29 is 14.0 Å². The van der Waals surface area contributed by atoms with Crippen LogP contribution in [0.25, 0.3) is 0 Å². The monoisotopic (exact) mass is 469 g/mol. The van der Waals surface area contributed by atoms with Crippen LogP contribution in [-0.2, 0) is 13.0 Å². The van der Waals surface area contributed by atoms with Gasteiger partial charge in [0, 0.05) is 56.4 Å². The highest BCUT2D eigenvalue weighted by molar-refractivity contribution is 6.31. The van der Waals surface area contributed by atoms with Gasteiger partial charge in [0.25, 0.3) is 11.8 Å². The summed E-state index contributed by atoms with van der Waals surface area (Å²) in [6.07, 6.45) is 5.64. The Bertz CT molecular complexity index is 1070. The molecule has 7 heteroatoms. The van der Waals surface area contributed by atoms with E-state index in [1.54, 1.807) is 4.90 Å². The van der Waals surface area contributed by atoms with Gasteiger partial charge in [-0.2, -0.15) is 0 Å². The number of hydrogen-bond acceptors (Lipinski definition) is 3. The summed E-state index contributed by atoms with van der Waals surface area (Å²) in [4.78, 5) is 32.4. The number of fused-ring (bicyclic) bond motifs is 1. The lowest BCUT2D eigenvalue weighted by Crippen LogP contribution is -2.42. The lowest BCUT2D eigenvalue weighted by Gasteiger charge is -2.36. The number of carbonyl (C=O) groups excluding carboxylic acids is 2. The Morgan fingerprint density at radius 1 is 0.818 bits per heavy atom. The zero-order valence-corrected chi connectivity index (χ0v) is 19.5. The number of benzene rings is 2. The molecule has 2 heterocycles. The second kappa shape index (κ2) is 9.43. The summed E-state index contributed by atoms with van der Waals surface area (Å²) in [5.41, 5.74) is 3.28. The van der Waals surface area contributed by atoms with Crippen molar-refractivity contribution in [3.05, 3.63) is 69.5 Å². The summed E-state index contributed by atoms with van der Waals surface area (Å²) in [6, 6.07) is 10.7. The lowest BCUT2D eigenvalue weighted by molar-refractivity contribution is 0.0727. The van der Waals surface area contributed by atoms with Crippen molar-refractivity contribution in [1.29, 1.82) is 0 Å². The maximum atomic E-state index is 13.4. The van der Waals surface area contributed by atoms with Gasteiger partial charge in [0.15, 0.2) is 0 Å². The molecule has 0 spiro atoms. The van der Waals surface area contributed by atoms with Crippen LogP contribution in [0.3, 0.4) is 0 Å². The first-order chi connectivity index (χ1) is 16.0. The minimum Gasteiger partial charge on any atom is -0.337 e. The van der Waals surface area contributed by atoms with Crippen molar-refractivity contribution >= 4 is 23.4 Å². The van der Waals surface area contributed by atoms with Crippen molar-refractivity contribution in [1.82, 2.24) is 14.7 Å². The van der Waals surface area contributed by atoms with E-state index in [0.717, 1.165) is 55.3 Å². The van der Waals surface area contributed by atoms with Crippen molar-refractivity contribution in [2.45, 2.75) is 44.7 Å². The van der Waals surface area contributed by atoms with E-state index < -0.39 is 5.82 Å². The predicted octanol–water partition coefficient (Wildman–Crippen LogP) is 4.38. The Hall–Kier alpha value is -2.44. The minimum atomic E-state index is -0.533. The van der Waals surface area contributed by atoms with Crippen LogP contribution in [0, 0.1) is 5.82 Å². The van der Waals surface area contributed by atoms with Gasteiger partial charge in [0.2, 0.25) is 0 Å². The first-order valence-electron chi connectivity index (χ1n) is 11.9. The molecule has 0 aromatic heterocycles. The molecule has 0 radical (unpaired) electrons. The van der Waals surface area contributed by atoms with E-state index >= 15 is 0 Å². The maximum absolute atomic E-state index is 13.4. The number of amides is 2. The molecule has 0 N–H and O–H groups in total. The molecule has 1 aliphatic carbocycles. The van der Waals surface area contributed by atoms with Gasteiger partial charge in [-0.1, -0.05) is 24.1 Å². The molecular formula is C26H29ClFN3O2. The second-order valence-corrected chi connectivity index (χ2v) is 9.76. The summed E-state index contributed by atoms with van der Waals surface area (Å²) < 4.78 is 13.4. The molecule has 5 rings (SSSR count). The van der Waals surface area contributed by atoms with E-state index in [4.69, 9.17) is 11.6 Å². The molecule has 33 heavy (non-hydrogen) atoms. The number of rotatable bonds is 3. The number of carbonyl (C=O) groups is 2. The van der Waals surface area contributed by atoms with E-state index in [-0.39, 0.29) is 16.8 Å². The van der Waals surface area contributed by atoms with E-state index in [9.17, 15) is 14.0 Å². The highest BCUT2D eigenvalue weighted by Crippen LogP contribution is 2.27. The van der Waals surface area contributed by atoms with Crippen LogP contribution < -0.4 is 0 Å². The lowest BCUT2D eigenvalue weighted by atomic mass is 9.91. The zero-order chi connectivity index (χ0) is 22.9. The van der Waals surface area contributed by atoms with Crippen LogP contribution in [0.2, 0.25) is 5.02 Å². The van der Waals surface area contributed by atoms with Gasteiger partial charge < -0.3 is 9.80 Å². The van der Waals surface area contributed by atoms with Crippen LogP contribution in [0.15, 0.2) is 36.4 Å². The normalized spacial score (nSPS) is 19.6. The average molecular weight is 470 g/mol. The molecule has 0 unspecified atom stereocenters. The second-order valence-electron chi connectivity index (χ2n) is 9.36. The Morgan fingerprint density at radius 3 is 2.33 bits per heavy atom. The molecule has 2 aromatic carbocycles. The van der Waals surface area contributed by atoms with E-state index in [2.05, 4.69) is 4.90 Å². The van der Waals surface area contributed by atoms with Crippen LogP contribution in [0.1, 0.15) is 57.5 Å². The van der Waals surface area contributed by atoms with Gasteiger partial charge in [-0.05, 0) is 67.1 Å². The van der Waals surface area contributed by atoms with Crippen molar-refractivity contribution in [3.8, 4) is 0 Å². The van der Waals surface area contributed by atoms with Crippen LogP contribution in [0.5, 0.6) is 0 Å². The highest BCUT2D eigenvalue weighted by Gasteiger charge is 2.29. The van der Waals surface area contributed by atoms with Gasteiger partial charge in [-0.25, -0.2) is 4.39 Å². The zero-order valence-electron chi connectivity index (χ0n) is 18.7. The summed E-state index contributed by atoms with van der Waals surface area (Å²) in [6.45, 7) is 4.67. The number of halogens is 2. The third-order valence-electron chi connectivity index (χ3n) is 7.33. The molecule has 0 bridgehead atoms. The predicted molar refractivity (Wildman–Crippen MR) is 126 cm³/mol. The first kappa shape index (κ1) is 22.4. The summed E-state index contributed by atoms with van der Waals surface area (Å²) >= 11 is 5.85. The van der Waals surface area contributed by atoms with E-state index in [0.29, 0.717) is 25.1 Å². The Labute approximate surface area is 199 Å². The Kier molecular flexibility index (Phi) is 6.39. The number of hydrogen-bond donors (Lipinski definition) is 0. The fourth-order valence-corrected chi connectivity index (χ4v) is 5.29. The Balaban J connectivity index is 1.24. The third kappa shape index (κ3) is 4.64. The molecule has 2 fully saturated rings. The molecule has 1 saturated heterocycles.